The molecule has 1 aromatic heterocycles. The Hall–Kier alpha value is -2.73. The number of aromatic nitrogens is 2. The average molecular weight is 299 g/mol. The number of rotatable bonds is 4. The average Bonchev–Trinajstić information content (AvgIpc) is 2.92. The van der Waals surface area contributed by atoms with Crippen LogP contribution in [-0.4, -0.2) is 24.2 Å². The Balaban J connectivity index is 2.00. The van der Waals surface area contributed by atoms with E-state index in [1.807, 2.05) is 36.4 Å². The van der Waals surface area contributed by atoms with E-state index in [0.717, 1.165) is 22.2 Å². The molecule has 0 bridgehead atoms. The van der Waals surface area contributed by atoms with Crippen LogP contribution in [0, 0.1) is 0 Å². The lowest BCUT2D eigenvalue weighted by Gasteiger charge is -2.15. The van der Waals surface area contributed by atoms with E-state index in [1.165, 1.54) is 0 Å². The minimum Gasteiger partial charge on any atom is -0.493 e. The molecule has 6 nitrogen and oxygen atoms in total. The Morgan fingerprint density at radius 2 is 1.55 bits per heavy atom. The fourth-order valence-corrected chi connectivity index (χ4v) is 2.48. The Morgan fingerprint density at radius 3 is 2.27 bits per heavy atom. The summed E-state index contributed by atoms with van der Waals surface area (Å²) in [7, 11) is 3.18. The Labute approximate surface area is 126 Å². The molecular formula is C16H17N3O3. The van der Waals surface area contributed by atoms with Crippen LogP contribution >= 0.6 is 0 Å². The van der Waals surface area contributed by atoms with Crippen LogP contribution in [0.5, 0.6) is 11.5 Å². The SMILES string of the molecule is COc1ccc(C(N)c2ccc3[nH]c(=O)[nH]c3c2)cc1OC. The number of ether oxygens (including phenoxy) is 2. The highest BCUT2D eigenvalue weighted by Crippen LogP contribution is 2.31. The van der Waals surface area contributed by atoms with Crippen LogP contribution in [-0.2, 0) is 0 Å². The van der Waals surface area contributed by atoms with Crippen molar-refractivity contribution in [2.75, 3.05) is 14.2 Å². The molecule has 1 unspecified atom stereocenters. The lowest BCUT2D eigenvalue weighted by molar-refractivity contribution is 0.354. The zero-order chi connectivity index (χ0) is 15.7. The fraction of sp³-hybridized carbons (Fsp3) is 0.188. The molecule has 3 rings (SSSR count). The third-order valence-electron chi connectivity index (χ3n) is 3.67. The normalized spacial score (nSPS) is 12.3. The van der Waals surface area contributed by atoms with Gasteiger partial charge in [0, 0.05) is 0 Å². The van der Waals surface area contributed by atoms with Crippen LogP contribution in [0.25, 0.3) is 11.0 Å². The zero-order valence-electron chi connectivity index (χ0n) is 12.3. The molecule has 0 amide bonds. The lowest BCUT2D eigenvalue weighted by atomic mass is 9.99. The van der Waals surface area contributed by atoms with Gasteiger partial charge in [-0.1, -0.05) is 12.1 Å². The van der Waals surface area contributed by atoms with E-state index in [0.29, 0.717) is 11.5 Å². The molecule has 1 atom stereocenters. The largest absolute Gasteiger partial charge is 0.493 e. The molecule has 114 valence electrons. The summed E-state index contributed by atoms with van der Waals surface area (Å²) >= 11 is 0. The topological polar surface area (TPSA) is 93.1 Å². The highest BCUT2D eigenvalue weighted by Gasteiger charge is 2.13. The van der Waals surface area contributed by atoms with Crippen molar-refractivity contribution in [3.8, 4) is 11.5 Å². The molecule has 0 fully saturated rings. The first-order chi connectivity index (χ1) is 10.6. The number of nitrogens with two attached hydrogens (primary N) is 1. The summed E-state index contributed by atoms with van der Waals surface area (Å²) in [6.07, 6.45) is 0. The summed E-state index contributed by atoms with van der Waals surface area (Å²) in [5.41, 5.74) is 9.39. The van der Waals surface area contributed by atoms with Gasteiger partial charge in [-0.15, -0.1) is 0 Å². The molecule has 0 saturated carbocycles. The maximum atomic E-state index is 11.3. The second-order valence-electron chi connectivity index (χ2n) is 4.98. The maximum Gasteiger partial charge on any atom is 0.323 e. The van der Waals surface area contributed by atoms with E-state index in [9.17, 15) is 4.79 Å². The van der Waals surface area contributed by atoms with Gasteiger partial charge < -0.3 is 25.2 Å². The van der Waals surface area contributed by atoms with Crippen LogP contribution < -0.4 is 20.9 Å². The number of imidazole rings is 1. The van der Waals surface area contributed by atoms with Crippen molar-refractivity contribution in [3.63, 3.8) is 0 Å². The van der Waals surface area contributed by atoms with Gasteiger partial charge in [-0.2, -0.15) is 0 Å². The van der Waals surface area contributed by atoms with E-state index >= 15 is 0 Å². The lowest BCUT2D eigenvalue weighted by Crippen LogP contribution is -2.12. The number of aromatic amines is 2. The van der Waals surface area contributed by atoms with Gasteiger partial charge in [0.25, 0.3) is 0 Å². The fourth-order valence-electron chi connectivity index (χ4n) is 2.48. The van der Waals surface area contributed by atoms with Gasteiger partial charge in [0.15, 0.2) is 11.5 Å². The van der Waals surface area contributed by atoms with Gasteiger partial charge >= 0.3 is 5.69 Å². The molecule has 6 heteroatoms. The van der Waals surface area contributed by atoms with E-state index in [1.54, 1.807) is 14.2 Å². The summed E-state index contributed by atoms with van der Waals surface area (Å²) in [5.74, 6) is 1.29. The first-order valence-corrected chi connectivity index (χ1v) is 6.82. The third kappa shape index (κ3) is 2.44. The maximum absolute atomic E-state index is 11.3. The number of hydrogen-bond acceptors (Lipinski definition) is 4. The number of methoxy groups -OCH3 is 2. The summed E-state index contributed by atoms with van der Waals surface area (Å²) in [4.78, 5) is 16.8. The van der Waals surface area contributed by atoms with Gasteiger partial charge in [-0.25, -0.2) is 4.79 Å². The molecule has 0 aliphatic heterocycles. The smallest absolute Gasteiger partial charge is 0.323 e. The van der Waals surface area contributed by atoms with Crippen LogP contribution in [0.1, 0.15) is 17.2 Å². The van der Waals surface area contributed by atoms with Crippen molar-refractivity contribution >= 4 is 11.0 Å². The standard InChI is InChI=1S/C16H17N3O3/c1-21-13-6-4-10(8-14(13)22-2)15(17)9-3-5-11-12(7-9)19-16(20)18-11/h3-8,15H,17H2,1-2H3,(H2,18,19,20). The van der Waals surface area contributed by atoms with Crippen molar-refractivity contribution in [2.45, 2.75) is 6.04 Å². The van der Waals surface area contributed by atoms with E-state index in [4.69, 9.17) is 15.2 Å². The van der Waals surface area contributed by atoms with E-state index in [-0.39, 0.29) is 11.7 Å². The van der Waals surface area contributed by atoms with Crippen molar-refractivity contribution in [2.24, 2.45) is 5.73 Å². The predicted molar refractivity (Wildman–Crippen MR) is 84.5 cm³/mol. The zero-order valence-corrected chi connectivity index (χ0v) is 12.3. The van der Waals surface area contributed by atoms with Gasteiger partial charge in [0.2, 0.25) is 0 Å². The Bertz CT molecular complexity index is 866. The predicted octanol–water partition coefficient (Wildman–Crippen LogP) is 1.92. The molecule has 0 radical (unpaired) electrons. The number of nitrogens with one attached hydrogen (secondary N) is 2. The highest BCUT2D eigenvalue weighted by molar-refractivity contribution is 5.75. The number of benzene rings is 2. The molecule has 22 heavy (non-hydrogen) atoms. The minimum atomic E-state index is -0.331. The molecule has 0 saturated heterocycles. The Morgan fingerprint density at radius 1 is 0.909 bits per heavy atom. The first-order valence-electron chi connectivity index (χ1n) is 6.82. The molecule has 0 spiro atoms. The van der Waals surface area contributed by atoms with Gasteiger partial charge in [-0.05, 0) is 35.4 Å². The Kier molecular flexibility index (Phi) is 3.60. The van der Waals surface area contributed by atoms with Crippen LogP contribution in [0.4, 0.5) is 0 Å². The second-order valence-corrected chi connectivity index (χ2v) is 4.98. The van der Waals surface area contributed by atoms with Gasteiger partial charge in [0.05, 0.1) is 31.3 Å². The molecule has 2 aromatic carbocycles. The quantitative estimate of drug-likeness (QED) is 0.686. The van der Waals surface area contributed by atoms with E-state index < -0.39 is 0 Å². The monoisotopic (exact) mass is 299 g/mol. The van der Waals surface area contributed by atoms with E-state index in [2.05, 4.69) is 9.97 Å². The molecule has 1 heterocycles. The van der Waals surface area contributed by atoms with Crippen molar-refractivity contribution < 1.29 is 9.47 Å². The second kappa shape index (κ2) is 5.57. The molecule has 4 N–H and O–H groups in total. The molecule has 0 aliphatic rings. The number of H-pyrrole nitrogens is 2. The summed E-state index contributed by atoms with van der Waals surface area (Å²) in [5, 5.41) is 0. The molecule has 3 aromatic rings. The van der Waals surface area contributed by atoms with Crippen LogP contribution in [0.15, 0.2) is 41.2 Å². The minimum absolute atomic E-state index is 0.230. The van der Waals surface area contributed by atoms with Crippen molar-refractivity contribution in [3.05, 3.63) is 58.0 Å². The number of fused-ring (bicyclic) bond motifs is 1. The van der Waals surface area contributed by atoms with Crippen LogP contribution in [0.3, 0.4) is 0 Å². The first kappa shape index (κ1) is 14.2. The summed E-state index contributed by atoms with van der Waals surface area (Å²) in [6.45, 7) is 0. The highest BCUT2D eigenvalue weighted by atomic mass is 16.5. The third-order valence-corrected chi connectivity index (χ3v) is 3.67. The summed E-state index contributed by atoms with van der Waals surface area (Å²) < 4.78 is 10.5. The van der Waals surface area contributed by atoms with Crippen molar-refractivity contribution in [1.82, 2.24) is 9.97 Å². The van der Waals surface area contributed by atoms with Gasteiger partial charge in [-0.3, -0.25) is 0 Å². The van der Waals surface area contributed by atoms with Crippen molar-refractivity contribution in [1.29, 1.82) is 0 Å². The van der Waals surface area contributed by atoms with Crippen LogP contribution in [0.2, 0.25) is 0 Å². The van der Waals surface area contributed by atoms with Gasteiger partial charge in [0.1, 0.15) is 0 Å². The summed E-state index contributed by atoms with van der Waals surface area (Å²) in [6, 6.07) is 10.8. The molecular weight excluding hydrogens is 282 g/mol. The molecule has 0 aliphatic carbocycles. The number of hydrogen-bond donors (Lipinski definition) is 3.